The van der Waals surface area contributed by atoms with Gasteiger partial charge in [-0.1, -0.05) is 12.5 Å². The number of benzene rings is 1. The van der Waals surface area contributed by atoms with Crippen molar-refractivity contribution in [1.29, 1.82) is 0 Å². The topological polar surface area (TPSA) is 55.6 Å². The number of aryl methyl sites for hydroxylation is 1. The van der Waals surface area contributed by atoms with Crippen LogP contribution in [-0.2, 0) is 11.2 Å². The number of amides is 1. The summed E-state index contributed by atoms with van der Waals surface area (Å²) in [5.41, 5.74) is 7.60. The summed E-state index contributed by atoms with van der Waals surface area (Å²) in [5.74, 6) is 0.797. The van der Waals surface area contributed by atoms with Crippen molar-refractivity contribution in [2.24, 2.45) is 5.73 Å². The maximum atomic E-state index is 11.6. The molecule has 1 aliphatic rings. The van der Waals surface area contributed by atoms with E-state index in [1.807, 2.05) is 6.07 Å². The van der Waals surface area contributed by atoms with Crippen molar-refractivity contribution >= 4 is 11.6 Å². The highest BCUT2D eigenvalue weighted by atomic mass is 16.5. The number of carbonyl (C=O) groups excluding carboxylic acids is 1. The SMILES string of the molecule is CN1C(=O)COc2ccc(CCCCCN)cc21. The molecule has 0 radical (unpaired) electrons. The molecule has 1 aliphatic heterocycles. The van der Waals surface area contributed by atoms with Gasteiger partial charge in [0.05, 0.1) is 5.69 Å². The number of hydrogen-bond acceptors (Lipinski definition) is 3. The summed E-state index contributed by atoms with van der Waals surface area (Å²) < 4.78 is 5.40. The summed E-state index contributed by atoms with van der Waals surface area (Å²) in [4.78, 5) is 13.2. The molecule has 4 heteroatoms. The molecule has 2 rings (SSSR count). The average Bonchev–Trinajstić information content (AvgIpc) is 2.39. The molecule has 0 unspecified atom stereocenters. The minimum absolute atomic E-state index is 0.00258. The molecule has 0 saturated heterocycles. The van der Waals surface area contributed by atoms with Gasteiger partial charge in [-0.15, -0.1) is 0 Å². The number of anilines is 1. The largest absolute Gasteiger partial charge is 0.482 e. The summed E-state index contributed by atoms with van der Waals surface area (Å²) in [5, 5.41) is 0. The van der Waals surface area contributed by atoms with E-state index in [-0.39, 0.29) is 12.5 Å². The molecule has 18 heavy (non-hydrogen) atoms. The fraction of sp³-hybridized carbons (Fsp3) is 0.500. The van der Waals surface area contributed by atoms with Crippen LogP contribution in [0.2, 0.25) is 0 Å². The van der Waals surface area contributed by atoms with Crippen molar-refractivity contribution in [2.45, 2.75) is 25.7 Å². The third-order valence-corrected chi connectivity index (χ3v) is 3.28. The first-order valence-electron chi connectivity index (χ1n) is 6.44. The van der Waals surface area contributed by atoms with Crippen LogP contribution < -0.4 is 15.4 Å². The summed E-state index contributed by atoms with van der Waals surface area (Å²) >= 11 is 0. The van der Waals surface area contributed by atoms with Gasteiger partial charge in [0, 0.05) is 7.05 Å². The molecule has 1 heterocycles. The van der Waals surface area contributed by atoms with Crippen molar-refractivity contribution in [1.82, 2.24) is 0 Å². The van der Waals surface area contributed by atoms with E-state index in [1.54, 1.807) is 11.9 Å². The standard InChI is InChI=1S/C14H20N2O2/c1-16-12-9-11(5-3-2-4-8-15)6-7-13(12)18-10-14(16)17/h6-7,9H,2-5,8,10,15H2,1H3. The lowest BCUT2D eigenvalue weighted by Crippen LogP contribution is -2.35. The molecular formula is C14H20N2O2. The molecule has 1 aromatic carbocycles. The van der Waals surface area contributed by atoms with Gasteiger partial charge in [-0.2, -0.15) is 0 Å². The van der Waals surface area contributed by atoms with E-state index in [0.717, 1.165) is 43.7 Å². The Morgan fingerprint density at radius 2 is 2.17 bits per heavy atom. The van der Waals surface area contributed by atoms with Gasteiger partial charge in [-0.3, -0.25) is 4.79 Å². The number of fused-ring (bicyclic) bond motifs is 1. The molecule has 0 atom stereocenters. The monoisotopic (exact) mass is 248 g/mol. The number of likely N-dealkylation sites (N-methyl/N-ethyl adjacent to an activating group) is 1. The highest BCUT2D eigenvalue weighted by molar-refractivity contribution is 5.97. The van der Waals surface area contributed by atoms with Crippen LogP contribution in [0.5, 0.6) is 5.75 Å². The molecule has 1 aromatic rings. The Kier molecular flexibility index (Phi) is 4.20. The second kappa shape index (κ2) is 5.87. The average molecular weight is 248 g/mol. The summed E-state index contributed by atoms with van der Waals surface area (Å²) in [6, 6.07) is 6.08. The number of ether oxygens (including phenoxy) is 1. The van der Waals surface area contributed by atoms with Crippen LogP contribution in [0, 0.1) is 0 Å². The van der Waals surface area contributed by atoms with E-state index < -0.39 is 0 Å². The van der Waals surface area contributed by atoms with Gasteiger partial charge in [0.25, 0.3) is 5.91 Å². The number of carbonyl (C=O) groups is 1. The van der Waals surface area contributed by atoms with E-state index in [4.69, 9.17) is 10.5 Å². The van der Waals surface area contributed by atoms with Gasteiger partial charge in [-0.05, 0) is 43.5 Å². The first kappa shape index (κ1) is 12.9. The zero-order valence-corrected chi connectivity index (χ0v) is 10.8. The Labute approximate surface area is 108 Å². The number of nitrogens with two attached hydrogens (primary N) is 1. The minimum atomic E-state index is 0.00258. The molecule has 0 bridgehead atoms. The lowest BCUT2D eigenvalue weighted by atomic mass is 10.1. The van der Waals surface area contributed by atoms with Crippen LogP contribution in [0.25, 0.3) is 0 Å². The van der Waals surface area contributed by atoms with Crippen LogP contribution in [-0.4, -0.2) is 26.1 Å². The smallest absolute Gasteiger partial charge is 0.264 e. The Hall–Kier alpha value is -1.55. The molecule has 4 nitrogen and oxygen atoms in total. The summed E-state index contributed by atoms with van der Waals surface area (Å²) in [6.45, 7) is 0.897. The van der Waals surface area contributed by atoms with Gasteiger partial charge in [0.15, 0.2) is 6.61 Å². The fourth-order valence-electron chi connectivity index (χ4n) is 2.12. The van der Waals surface area contributed by atoms with Crippen LogP contribution in [0.15, 0.2) is 18.2 Å². The van der Waals surface area contributed by atoms with Gasteiger partial charge in [0.1, 0.15) is 5.75 Å². The van der Waals surface area contributed by atoms with Crippen molar-refractivity contribution < 1.29 is 9.53 Å². The lowest BCUT2D eigenvalue weighted by molar-refractivity contribution is -0.120. The second-order valence-electron chi connectivity index (χ2n) is 4.64. The molecule has 0 saturated carbocycles. The summed E-state index contributed by atoms with van der Waals surface area (Å²) in [6.07, 6.45) is 4.38. The normalized spacial score (nSPS) is 14.3. The molecule has 98 valence electrons. The molecule has 0 aliphatic carbocycles. The molecule has 0 spiro atoms. The van der Waals surface area contributed by atoms with Crippen molar-refractivity contribution in [3.05, 3.63) is 23.8 Å². The number of rotatable bonds is 5. The van der Waals surface area contributed by atoms with E-state index >= 15 is 0 Å². The third-order valence-electron chi connectivity index (χ3n) is 3.28. The molecule has 2 N–H and O–H groups in total. The van der Waals surface area contributed by atoms with Gasteiger partial charge < -0.3 is 15.4 Å². The third kappa shape index (κ3) is 2.82. The van der Waals surface area contributed by atoms with Crippen molar-refractivity contribution in [3.63, 3.8) is 0 Å². The lowest BCUT2D eigenvalue weighted by Gasteiger charge is -2.26. The van der Waals surface area contributed by atoms with Crippen LogP contribution in [0.3, 0.4) is 0 Å². The van der Waals surface area contributed by atoms with Gasteiger partial charge in [-0.25, -0.2) is 0 Å². The predicted octanol–water partition coefficient (Wildman–Crippen LogP) is 1.71. The summed E-state index contributed by atoms with van der Waals surface area (Å²) in [7, 11) is 1.79. The maximum Gasteiger partial charge on any atom is 0.264 e. The van der Waals surface area contributed by atoms with Crippen molar-refractivity contribution in [2.75, 3.05) is 25.1 Å². The molecule has 0 aromatic heterocycles. The minimum Gasteiger partial charge on any atom is -0.482 e. The van der Waals surface area contributed by atoms with E-state index in [0.29, 0.717) is 0 Å². The van der Waals surface area contributed by atoms with E-state index in [1.165, 1.54) is 5.56 Å². The number of unbranched alkanes of at least 4 members (excludes halogenated alkanes) is 2. The quantitative estimate of drug-likeness (QED) is 0.807. The van der Waals surface area contributed by atoms with Crippen molar-refractivity contribution in [3.8, 4) is 5.75 Å². The number of nitrogens with zero attached hydrogens (tertiary/aromatic N) is 1. The first-order chi connectivity index (χ1) is 8.72. The Bertz CT molecular complexity index is 432. The van der Waals surface area contributed by atoms with E-state index in [9.17, 15) is 4.79 Å². The molecular weight excluding hydrogens is 228 g/mol. The predicted molar refractivity (Wildman–Crippen MR) is 72.0 cm³/mol. The Morgan fingerprint density at radius 3 is 2.94 bits per heavy atom. The first-order valence-corrected chi connectivity index (χ1v) is 6.44. The van der Waals surface area contributed by atoms with Crippen LogP contribution in [0.4, 0.5) is 5.69 Å². The second-order valence-corrected chi connectivity index (χ2v) is 4.64. The number of hydrogen-bond donors (Lipinski definition) is 1. The Balaban J connectivity index is 2.04. The van der Waals surface area contributed by atoms with E-state index in [2.05, 4.69) is 12.1 Å². The zero-order valence-electron chi connectivity index (χ0n) is 10.8. The van der Waals surface area contributed by atoms with Gasteiger partial charge >= 0.3 is 0 Å². The van der Waals surface area contributed by atoms with Crippen LogP contribution >= 0.6 is 0 Å². The molecule has 0 fully saturated rings. The maximum absolute atomic E-state index is 11.6. The van der Waals surface area contributed by atoms with Crippen LogP contribution in [0.1, 0.15) is 24.8 Å². The highest BCUT2D eigenvalue weighted by Gasteiger charge is 2.21. The zero-order chi connectivity index (χ0) is 13.0. The fourth-order valence-corrected chi connectivity index (χ4v) is 2.12. The highest BCUT2D eigenvalue weighted by Crippen LogP contribution is 2.32. The van der Waals surface area contributed by atoms with Gasteiger partial charge in [0.2, 0.25) is 0 Å². The Morgan fingerprint density at radius 1 is 1.33 bits per heavy atom. The molecule has 1 amide bonds.